The average Bonchev–Trinajstić information content (AvgIpc) is 2.36. The van der Waals surface area contributed by atoms with Crippen LogP contribution < -0.4 is 21.5 Å². The van der Waals surface area contributed by atoms with Crippen LogP contribution in [0.15, 0.2) is 12.4 Å². The van der Waals surface area contributed by atoms with E-state index in [4.69, 9.17) is 5.84 Å². The van der Waals surface area contributed by atoms with Gasteiger partial charge in [-0.1, -0.05) is 0 Å². The molecule has 0 fully saturated rings. The number of carbonyl (C=O) groups is 1. The minimum atomic E-state index is -0.0396. The Labute approximate surface area is 100 Å². The highest BCUT2D eigenvalue weighted by Crippen LogP contribution is 2.10. The number of anilines is 2. The van der Waals surface area contributed by atoms with Crippen LogP contribution in [-0.4, -0.2) is 35.5 Å². The number of carbonyl (C=O) groups excluding carboxylic acids is 1. The number of hydrogen-bond donors (Lipinski definition) is 3. The molecule has 7 nitrogen and oxygen atoms in total. The molecule has 0 spiro atoms. The van der Waals surface area contributed by atoms with Crippen LogP contribution in [0, 0.1) is 0 Å². The Kier molecular flexibility index (Phi) is 5.15. The van der Waals surface area contributed by atoms with Gasteiger partial charge in [-0.05, 0) is 13.8 Å². The van der Waals surface area contributed by atoms with Crippen molar-refractivity contribution in [3.63, 3.8) is 0 Å². The van der Waals surface area contributed by atoms with Gasteiger partial charge in [0.15, 0.2) is 5.82 Å². The summed E-state index contributed by atoms with van der Waals surface area (Å²) in [5.74, 6) is 6.31. The third kappa shape index (κ3) is 3.87. The first-order valence-electron chi connectivity index (χ1n) is 5.51. The first kappa shape index (κ1) is 13.2. The first-order chi connectivity index (χ1) is 8.21. The number of nitrogens with two attached hydrogens (primary N) is 1. The maximum atomic E-state index is 11.5. The third-order valence-corrected chi connectivity index (χ3v) is 2.18. The highest BCUT2D eigenvalue weighted by atomic mass is 16.2. The van der Waals surface area contributed by atoms with Crippen LogP contribution in [0.4, 0.5) is 11.6 Å². The van der Waals surface area contributed by atoms with Gasteiger partial charge in [0.25, 0.3) is 0 Å². The lowest BCUT2D eigenvalue weighted by atomic mass is 10.4. The van der Waals surface area contributed by atoms with E-state index in [0.29, 0.717) is 24.7 Å². The molecule has 17 heavy (non-hydrogen) atoms. The zero-order chi connectivity index (χ0) is 12.7. The van der Waals surface area contributed by atoms with Gasteiger partial charge in [-0.2, -0.15) is 0 Å². The van der Waals surface area contributed by atoms with Gasteiger partial charge in [-0.15, -0.1) is 0 Å². The number of nitrogens with one attached hydrogen (secondary N) is 2. The standard InChI is InChI=1S/C10H18N6O/c1-3-13-10(17)7-16(4-2)9-6-12-5-8(14-9)15-11/h5-6H,3-4,7,11H2,1-2H3,(H,13,17)(H,14,15). The van der Waals surface area contributed by atoms with Gasteiger partial charge >= 0.3 is 0 Å². The van der Waals surface area contributed by atoms with Gasteiger partial charge in [0.05, 0.1) is 18.9 Å². The van der Waals surface area contributed by atoms with Crippen molar-refractivity contribution in [3.05, 3.63) is 12.4 Å². The van der Waals surface area contributed by atoms with Gasteiger partial charge in [0, 0.05) is 13.1 Å². The summed E-state index contributed by atoms with van der Waals surface area (Å²) in [6.07, 6.45) is 3.12. The molecule has 94 valence electrons. The van der Waals surface area contributed by atoms with Crippen molar-refractivity contribution >= 4 is 17.5 Å². The van der Waals surface area contributed by atoms with E-state index in [2.05, 4.69) is 20.7 Å². The minimum absolute atomic E-state index is 0.0396. The second-order valence-electron chi connectivity index (χ2n) is 3.37. The maximum absolute atomic E-state index is 11.5. The normalized spacial score (nSPS) is 9.82. The summed E-state index contributed by atoms with van der Waals surface area (Å²) < 4.78 is 0. The van der Waals surface area contributed by atoms with Crippen molar-refractivity contribution in [2.24, 2.45) is 5.84 Å². The monoisotopic (exact) mass is 238 g/mol. The minimum Gasteiger partial charge on any atom is -0.355 e. The Morgan fingerprint density at radius 1 is 1.47 bits per heavy atom. The van der Waals surface area contributed by atoms with E-state index in [1.54, 1.807) is 6.20 Å². The van der Waals surface area contributed by atoms with Crippen LogP contribution >= 0.6 is 0 Å². The number of nitrogen functional groups attached to an aromatic ring is 1. The molecule has 1 aromatic heterocycles. The van der Waals surface area contributed by atoms with Crippen LogP contribution in [-0.2, 0) is 4.79 Å². The molecule has 0 saturated heterocycles. The van der Waals surface area contributed by atoms with E-state index < -0.39 is 0 Å². The van der Waals surface area contributed by atoms with Gasteiger partial charge in [-0.3, -0.25) is 9.78 Å². The predicted octanol–water partition coefficient (Wildman–Crippen LogP) is -0.275. The molecule has 0 aliphatic heterocycles. The van der Waals surface area contributed by atoms with Crippen LogP contribution in [0.2, 0.25) is 0 Å². The number of likely N-dealkylation sites (N-methyl/N-ethyl adjacent to an activating group) is 2. The van der Waals surface area contributed by atoms with Crippen LogP contribution in [0.1, 0.15) is 13.8 Å². The smallest absolute Gasteiger partial charge is 0.239 e. The molecular formula is C10H18N6O. The van der Waals surface area contributed by atoms with Gasteiger partial charge in [0.2, 0.25) is 5.91 Å². The molecule has 0 aromatic carbocycles. The van der Waals surface area contributed by atoms with E-state index in [1.165, 1.54) is 6.20 Å². The SMILES string of the molecule is CCNC(=O)CN(CC)c1cncc(NN)n1. The van der Waals surface area contributed by atoms with Crippen molar-refractivity contribution in [1.29, 1.82) is 0 Å². The Bertz CT molecular complexity index is 370. The van der Waals surface area contributed by atoms with Gasteiger partial charge < -0.3 is 15.6 Å². The summed E-state index contributed by atoms with van der Waals surface area (Å²) in [6.45, 7) is 5.37. The summed E-state index contributed by atoms with van der Waals surface area (Å²) in [5, 5.41) is 2.74. The Hall–Kier alpha value is -1.89. The molecule has 0 saturated carbocycles. The lowest BCUT2D eigenvalue weighted by Gasteiger charge is -2.21. The van der Waals surface area contributed by atoms with E-state index in [0.717, 1.165) is 0 Å². The lowest BCUT2D eigenvalue weighted by molar-refractivity contribution is -0.119. The summed E-state index contributed by atoms with van der Waals surface area (Å²) >= 11 is 0. The van der Waals surface area contributed by atoms with Gasteiger partial charge in [0.1, 0.15) is 5.82 Å². The van der Waals surface area contributed by atoms with E-state index in [9.17, 15) is 4.79 Å². The van der Waals surface area contributed by atoms with Crippen LogP contribution in [0.5, 0.6) is 0 Å². The fourth-order valence-corrected chi connectivity index (χ4v) is 1.36. The number of rotatable bonds is 6. The molecule has 1 heterocycles. The van der Waals surface area contributed by atoms with Gasteiger partial charge in [-0.25, -0.2) is 10.8 Å². The summed E-state index contributed by atoms with van der Waals surface area (Å²) in [4.78, 5) is 21.5. The number of amides is 1. The average molecular weight is 238 g/mol. The van der Waals surface area contributed by atoms with E-state index >= 15 is 0 Å². The number of aromatic nitrogens is 2. The zero-order valence-electron chi connectivity index (χ0n) is 10.1. The highest BCUT2D eigenvalue weighted by Gasteiger charge is 2.11. The van der Waals surface area contributed by atoms with Crippen molar-refractivity contribution in [2.75, 3.05) is 30.0 Å². The van der Waals surface area contributed by atoms with Crippen molar-refractivity contribution < 1.29 is 4.79 Å². The Morgan fingerprint density at radius 3 is 2.82 bits per heavy atom. The Morgan fingerprint density at radius 2 is 2.24 bits per heavy atom. The van der Waals surface area contributed by atoms with Crippen LogP contribution in [0.3, 0.4) is 0 Å². The highest BCUT2D eigenvalue weighted by molar-refractivity contribution is 5.80. The molecule has 0 aliphatic rings. The van der Waals surface area contributed by atoms with E-state index in [-0.39, 0.29) is 12.5 Å². The van der Waals surface area contributed by atoms with Crippen LogP contribution in [0.25, 0.3) is 0 Å². The molecule has 1 rings (SSSR count). The molecule has 0 radical (unpaired) electrons. The fourth-order valence-electron chi connectivity index (χ4n) is 1.36. The second kappa shape index (κ2) is 6.64. The lowest BCUT2D eigenvalue weighted by Crippen LogP contribution is -2.37. The fraction of sp³-hybridized carbons (Fsp3) is 0.500. The number of hydrogen-bond acceptors (Lipinski definition) is 6. The zero-order valence-corrected chi connectivity index (χ0v) is 10.1. The predicted molar refractivity (Wildman–Crippen MR) is 66.4 cm³/mol. The third-order valence-electron chi connectivity index (χ3n) is 2.18. The Balaban J connectivity index is 2.74. The van der Waals surface area contributed by atoms with Crippen molar-refractivity contribution in [2.45, 2.75) is 13.8 Å². The van der Waals surface area contributed by atoms with Crippen molar-refractivity contribution in [3.8, 4) is 0 Å². The molecule has 0 atom stereocenters. The molecular weight excluding hydrogens is 220 g/mol. The van der Waals surface area contributed by atoms with E-state index in [1.807, 2.05) is 18.7 Å². The molecule has 7 heteroatoms. The van der Waals surface area contributed by atoms with Crippen molar-refractivity contribution in [1.82, 2.24) is 15.3 Å². The molecule has 0 bridgehead atoms. The first-order valence-corrected chi connectivity index (χ1v) is 5.51. The maximum Gasteiger partial charge on any atom is 0.239 e. The molecule has 4 N–H and O–H groups in total. The molecule has 1 amide bonds. The quantitative estimate of drug-likeness (QED) is 0.466. The molecule has 0 aliphatic carbocycles. The number of nitrogens with zero attached hydrogens (tertiary/aromatic N) is 3. The summed E-state index contributed by atoms with van der Waals surface area (Å²) in [6, 6.07) is 0. The summed E-state index contributed by atoms with van der Waals surface area (Å²) in [7, 11) is 0. The topological polar surface area (TPSA) is 96.2 Å². The molecule has 0 unspecified atom stereocenters. The molecule has 1 aromatic rings. The second-order valence-corrected chi connectivity index (χ2v) is 3.37. The number of hydrazine groups is 1. The largest absolute Gasteiger partial charge is 0.355 e. The summed E-state index contributed by atoms with van der Waals surface area (Å²) in [5.41, 5.74) is 2.42.